The van der Waals surface area contributed by atoms with Crippen LogP contribution in [-0.2, 0) is 5.60 Å². The fraction of sp³-hybridized carbons (Fsp3) is 0.615. The van der Waals surface area contributed by atoms with Crippen molar-refractivity contribution in [2.45, 2.75) is 64.1 Å². The zero-order valence-corrected chi connectivity index (χ0v) is 18.6. The quantitative estimate of drug-likeness (QED) is 0.464. The normalized spacial score (nSPS) is 28.7. The Morgan fingerprint density at radius 1 is 1.21 bits per heavy atom. The lowest BCUT2D eigenvalue weighted by Crippen LogP contribution is -2.21. The molecule has 1 aromatic carbocycles. The van der Waals surface area contributed by atoms with E-state index in [9.17, 15) is 10.2 Å². The summed E-state index contributed by atoms with van der Waals surface area (Å²) in [5.41, 5.74) is 2.62. The van der Waals surface area contributed by atoms with Crippen molar-refractivity contribution in [3.05, 3.63) is 59.2 Å². The van der Waals surface area contributed by atoms with Gasteiger partial charge in [0.25, 0.3) is 0 Å². The maximum atomic E-state index is 11.0. The van der Waals surface area contributed by atoms with Crippen molar-refractivity contribution in [3.8, 4) is 0 Å². The molecule has 3 heteroatoms. The van der Waals surface area contributed by atoms with E-state index in [0.717, 1.165) is 24.0 Å². The number of rotatable bonds is 9. The highest BCUT2D eigenvalue weighted by Crippen LogP contribution is 2.48. The first-order chi connectivity index (χ1) is 13.8. The van der Waals surface area contributed by atoms with Gasteiger partial charge in [0.15, 0.2) is 0 Å². The highest BCUT2D eigenvalue weighted by Gasteiger charge is 2.43. The van der Waals surface area contributed by atoms with Crippen molar-refractivity contribution in [1.29, 1.82) is 0 Å². The number of benzene rings is 1. The van der Waals surface area contributed by atoms with Gasteiger partial charge in [-0.25, -0.2) is 0 Å². The predicted molar refractivity (Wildman–Crippen MR) is 121 cm³/mol. The number of hydrogen-bond acceptors (Lipinski definition) is 3. The smallest absolute Gasteiger partial charge is 0.105 e. The molecule has 160 valence electrons. The summed E-state index contributed by atoms with van der Waals surface area (Å²) in [5.74, 6) is 1.13. The highest BCUT2D eigenvalue weighted by atomic mass is 16.3. The Morgan fingerprint density at radius 2 is 2.00 bits per heavy atom. The number of hydrogen-bond donors (Lipinski definition) is 2. The lowest BCUT2D eigenvalue weighted by atomic mass is 9.86. The molecule has 1 fully saturated rings. The van der Waals surface area contributed by atoms with Crippen LogP contribution >= 0.6 is 0 Å². The zero-order chi connectivity index (χ0) is 21.0. The molecule has 2 aliphatic carbocycles. The Bertz CT molecular complexity index is 734. The van der Waals surface area contributed by atoms with Crippen LogP contribution in [0.2, 0.25) is 0 Å². The minimum absolute atomic E-state index is 0.138. The molecule has 0 unspecified atom stereocenters. The number of aliphatic hydroxyl groups excluding tert-OH is 1. The van der Waals surface area contributed by atoms with Gasteiger partial charge in [0.1, 0.15) is 5.60 Å². The third-order valence-corrected chi connectivity index (χ3v) is 6.80. The summed E-state index contributed by atoms with van der Waals surface area (Å²) in [5, 5.41) is 21.6. The molecule has 0 bridgehead atoms. The zero-order valence-electron chi connectivity index (χ0n) is 18.6. The van der Waals surface area contributed by atoms with E-state index in [-0.39, 0.29) is 12.0 Å². The van der Waals surface area contributed by atoms with Crippen LogP contribution in [-0.4, -0.2) is 41.9 Å². The topological polar surface area (TPSA) is 43.7 Å². The average Bonchev–Trinajstić information content (AvgIpc) is 3.16. The van der Waals surface area contributed by atoms with E-state index in [4.69, 9.17) is 0 Å². The van der Waals surface area contributed by atoms with Gasteiger partial charge in [0, 0.05) is 5.92 Å². The first-order valence-corrected chi connectivity index (χ1v) is 11.3. The van der Waals surface area contributed by atoms with E-state index < -0.39 is 5.60 Å². The van der Waals surface area contributed by atoms with E-state index in [1.165, 1.54) is 32.2 Å². The molecule has 2 aliphatic rings. The Kier molecular flexibility index (Phi) is 7.37. The SMILES string of the molecule is Cc1cccc([C@@](C)(O)/C=C/[C@@H]2[C@H]3CC(CCCCCN(C)C)=C[C@H]3C[C@H]2O)c1. The fourth-order valence-corrected chi connectivity index (χ4v) is 5.10. The first kappa shape index (κ1) is 22.3. The molecule has 0 radical (unpaired) electrons. The van der Waals surface area contributed by atoms with Crippen molar-refractivity contribution in [1.82, 2.24) is 4.90 Å². The van der Waals surface area contributed by atoms with Gasteiger partial charge in [0.05, 0.1) is 6.10 Å². The van der Waals surface area contributed by atoms with E-state index >= 15 is 0 Å². The second-order valence-electron chi connectivity index (χ2n) is 9.73. The van der Waals surface area contributed by atoms with Crippen LogP contribution in [0.15, 0.2) is 48.1 Å². The lowest BCUT2D eigenvalue weighted by Gasteiger charge is -2.23. The van der Waals surface area contributed by atoms with Gasteiger partial charge in [-0.1, -0.05) is 60.1 Å². The van der Waals surface area contributed by atoms with Crippen LogP contribution in [0.4, 0.5) is 0 Å². The minimum atomic E-state index is -1.01. The van der Waals surface area contributed by atoms with Crippen molar-refractivity contribution in [2.24, 2.45) is 17.8 Å². The van der Waals surface area contributed by atoms with Crippen LogP contribution in [0.1, 0.15) is 56.6 Å². The number of aliphatic hydroxyl groups is 2. The molecule has 0 aliphatic heterocycles. The third-order valence-electron chi connectivity index (χ3n) is 6.80. The van der Waals surface area contributed by atoms with Crippen LogP contribution in [0.25, 0.3) is 0 Å². The number of nitrogens with zero attached hydrogens (tertiary/aromatic N) is 1. The molecule has 1 saturated carbocycles. The third kappa shape index (κ3) is 5.81. The van der Waals surface area contributed by atoms with Crippen LogP contribution < -0.4 is 0 Å². The Hall–Kier alpha value is -1.42. The largest absolute Gasteiger partial charge is 0.392 e. The van der Waals surface area contributed by atoms with Crippen molar-refractivity contribution >= 4 is 0 Å². The molecule has 0 heterocycles. The monoisotopic (exact) mass is 397 g/mol. The van der Waals surface area contributed by atoms with Gasteiger partial charge in [-0.05, 0) is 84.0 Å². The van der Waals surface area contributed by atoms with Crippen LogP contribution in [0.3, 0.4) is 0 Å². The molecule has 0 amide bonds. The standard InChI is InChI=1S/C26H39NO2/c1-19-9-8-11-22(15-19)26(2,29)13-12-23-24-17-20(16-21(24)18-25(23)28)10-6-5-7-14-27(3)4/h8-9,11-13,15-16,21,23-25,28-29H,5-7,10,14,17-18H2,1-4H3/b13-12+/t21-,23+,24-,25+,26-/m0/s1. The summed E-state index contributed by atoms with van der Waals surface area (Å²) in [6, 6.07) is 8.03. The van der Waals surface area contributed by atoms with E-state index in [1.54, 1.807) is 5.57 Å². The van der Waals surface area contributed by atoms with Crippen molar-refractivity contribution < 1.29 is 10.2 Å². The van der Waals surface area contributed by atoms with Gasteiger partial charge in [0.2, 0.25) is 0 Å². The minimum Gasteiger partial charge on any atom is -0.392 e. The van der Waals surface area contributed by atoms with Gasteiger partial charge >= 0.3 is 0 Å². The Labute approximate surface area is 177 Å². The number of aryl methyl sites for hydroxylation is 1. The van der Waals surface area contributed by atoms with Gasteiger partial charge in [-0.2, -0.15) is 0 Å². The number of fused-ring (bicyclic) bond motifs is 1. The summed E-state index contributed by atoms with van der Waals surface area (Å²) in [7, 11) is 4.27. The predicted octanol–water partition coefficient (Wildman–Crippen LogP) is 4.82. The molecular formula is C26H39NO2. The first-order valence-electron chi connectivity index (χ1n) is 11.3. The average molecular weight is 398 g/mol. The van der Waals surface area contributed by atoms with Gasteiger partial charge in [-0.3, -0.25) is 0 Å². The highest BCUT2D eigenvalue weighted by molar-refractivity contribution is 5.31. The molecule has 29 heavy (non-hydrogen) atoms. The molecule has 0 saturated heterocycles. The molecule has 0 aromatic heterocycles. The molecule has 2 N–H and O–H groups in total. The molecule has 3 rings (SSSR count). The Balaban J connectivity index is 1.56. The summed E-state index contributed by atoms with van der Waals surface area (Å²) >= 11 is 0. The van der Waals surface area contributed by atoms with Gasteiger partial charge < -0.3 is 15.1 Å². The number of unbranched alkanes of at least 4 members (excludes halogenated alkanes) is 2. The van der Waals surface area contributed by atoms with Crippen molar-refractivity contribution in [2.75, 3.05) is 20.6 Å². The maximum absolute atomic E-state index is 11.0. The van der Waals surface area contributed by atoms with Crippen molar-refractivity contribution in [3.63, 3.8) is 0 Å². The summed E-state index contributed by atoms with van der Waals surface area (Å²) < 4.78 is 0. The van der Waals surface area contributed by atoms with Crippen LogP contribution in [0.5, 0.6) is 0 Å². The lowest BCUT2D eigenvalue weighted by molar-refractivity contribution is 0.107. The summed E-state index contributed by atoms with van der Waals surface area (Å²) in [4.78, 5) is 2.25. The van der Waals surface area contributed by atoms with E-state index in [1.807, 2.05) is 44.2 Å². The fourth-order valence-electron chi connectivity index (χ4n) is 5.10. The number of allylic oxidation sites excluding steroid dienone is 2. The summed E-state index contributed by atoms with van der Waals surface area (Å²) in [6.07, 6.45) is 13.1. The second-order valence-corrected chi connectivity index (χ2v) is 9.73. The van der Waals surface area contributed by atoms with E-state index in [2.05, 4.69) is 31.1 Å². The second kappa shape index (κ2) is 9.59. The molecule has 1 aromatic rings. The molecule has 0 spiro atoms. The summed E-state index contributed by atoms with van der Waals surface area (Å²) in [6.45, 7) is 5.05. The van der Waals surface area contributed by atoms with E-state index in [0.29, 0.717) is 11.8 Å². The Morgan fingerprint density at radius 3 is 2.72 bits per heavy atom. The maximum Gasteiger partial charge on any atom is 0.105 e. The van der Waals surface area contributed by atoms with Gasteiger partial charge in [-0.15, -0.1) is 0 Å². The molecule has 5 atom stereocenters. The van der Waals surface area contributed by atoms with Crippen LogP contribution in [0, 0.1) is 24.7 Å². The molecule has 3 nitrogen and oxygen atoms in total. The molecular weight excluding hydrogens is 358 g/mol.